The lowest BCUT2D eigenvalue weighted by Gasteiger charge is -2.18. The number of pyridine rings is 1. The van der Waals surface area contributed by atoms with Crippen molar-refractivity contribution in [1.82, 2.24) is 4.98 Å². The maximum absolute atomic E-state index is 4.41. The van der Waals surface area contributed by atoms with Crippen LogP contribution in [-0.2, 0) is 6.54 Å². The van der Waals surface area contributed by atoms with Crippen molar-refractivity contribution in [3.8, 4) is 0 Å². The number of aromatic nitrogens is 1. The number of benzene rings is 1. The molecule has 2 nitrogen and oxygen atoms in total. The first-order valence-electron chi connectivity index (χ1n) is 7.01. The van der Waals surface area contributed by atoms with Gasteiger partial charge in [0.2, 0.25) is 0 Å². The fourth-order valence-electron chi connectivity index (χ4n) is 2.14. The van der Waals surface area contributed by atoms with Gasteiger partial charge < -0.3 is 4.90 Å². The van der Waals surface area contributed by atoms with Crippen LogP contribution in [0.2, 0.25) is 0 Å². The van der Waals surface area contributed by atoms with Crippen LogP contribution < -0.4 is 4.90 Å². The maximum atomic E-state index is 4.41. The zero-order chi connectivity index (χ0) is 14.5. The Hall–Kier alpha value is -1.35. The highest BCUT2D eigenvalue weighted by Crippen LogP contribution is 2.20. The number of nitrogens with zero attached hydrogens (tertiary/aromatic N) is 2. The van der Waals surface area contributed by atoms with E-state index in [1.165, 1.54) is 17.5 Å². The molecule has 0 fully saturated rings. The Morgan fingerprint density at radius 3 is 2.40 bits per heavy atom. The first-order chi connectivity index (χ1) is 9.60. The molecule has 0 radical (unpaired) electrons. The molecule has 106 valence electrons. The molecule has 2 aromatic rings. The van der Waals surface area contributed by atoms with E-state index in [1.54, 1.807) is 0 Å². The molecule has 0 aliphatic heterocycles. The molecular formula is C17H21BrN2. The summed E-state index contributed by atoms with van der Waals surface area (Å²) in [6, 6.07) is 13.0. The van der Waals surface area contributed by atoms with Gasteiger partial charge in [-0.05, 0) is 51.5 Å². The summed E-state index contributed by atoms with van der Waals surface area (Å²) in [6.45, 7) is 5.37. The predicted octanol–water partition coefficient (Wildman–Crippen LogP) is 4.99. The quantitative estimate of drug-likeness (QED) is 0.766. The Balaban J connectivity index is 2.04. The molecule has 2 rings (SSSR count). The third-order valence-corrected chi connectivity index (χ3v) is 4.15. The molecule has 0 aliphatic rings. The van der Waals surface area contributed by atoms with E-state index in [-0.39, 0.29) is 0 Å². The van der Waals surface area contributed by atoms with Crippen LogP contribution in [0.15, 0.2) is 47.1 Å². The molecule has 1 aromatic heterocycles. The molecule has 1 heterocycles. The predicted molar refractivity (Wildman–Crippen MR) is 89.2 cm³/mol. The highest BCUT2D eigenvalue weighted by molar-refractivity contribution is 9.10. The van der Waals surface area contributed by atoms with Crippen LogP contribution in [-0.4, -0.2) is 12.0 Å². The molecule has 1 aromatic carbocycles. The summed E-state index contributed by atoms with van der Waals surface area (Å²) in [5.74, 6) is 1.62. The van der Waals surface area contributed by atoms with E-state index in [2.05, 4.69) is 71.0 Å². The van der Waals surface area contributed by atoms with E-state index in [4.69, 9.17) is 0 Å². The standard InChI is InChI=1S/C17H21BrN2/c1-4-13(2)15-7-5-14(6-8-15)12-20(3)17-10-9-16(18)11-19-17/h5-11,13H,4,12H2,1-3H3. The Labute approximate surface area is 130 Å². The molecule has 20 heavy (non-hydrogen) atoms. The van der Waals surface area contributed by atoms with Crippen LogP contribution in [0.3, 0.4) is 0 Å². The summed E-state index contributed by atoms with van der Waals surface area (Å²) < 4.78 is 1.01. The van der Waals surface area contributed by atoms with Gasteiger partial charge in [0.05, 0.1) is 0 Å². The van der Waals surface area contributed by atoms with Crippen LogP contribution in [0.5, 0.6) is 0 Å². The topological polar surface area (TPSA) is 16.1 Å². The van der Waals surface area contributed by atoms with Gasteiger partial charge in [0.15, 0.2) is 0 Å². The van der Waals surface area contributed by atoms with Crippen molar-refractivity contribution in [3.05, 3.63) is 58.2 Å². The Morgan fingerprint density at radius 2 is 1.85 bits per heavy atom. The molecule has 0 bridgehead atoms. The number of hydrogen-bond donors (Lipinski definition) is 0. The zero-order valence-corrected chi connectivity index (χ0v) is 13.9. The van der Waals surface area contributed by atoms with Crippen molar-refractivity contribution in [2.75, 3.05) is 11.9 Å². The Bertz CT molecular complexity index is 534. The smallest absolute Gasteiger partial charge is 0.128 e. The molecule has 3 heteroatoms. The summed E-state index contributed by atoms with van der Waals surface area (Å²) in [4.78, 5) is 6.57. The van der Waals surface area contributed by atoms with Gasteiger partial charge in [-0.1, -0.05) is 38.1 Å². The lowest BCUT2D eigenvalue weighted by Crippen LogP contribution is -2.17. The van der Waals surface area contributed by atoms with Crippen LogP contribution in [0.25, 0.3) is 0 Å². The molecule has 0 spiro atoms. The molecule has 0 saturated carbocycles. The fraction of sp³-hybridized carbons (Fsp3) is 0.353. The molecule has 0 saturated heterocycles. The van der Waals surface area contributed by atoms with Gasteiger partial charge in [-0.15, -0.1) is 0 Å². The summed E-state index contributed by atoms with van der Waals surface area (Å²) in [5.41, 5.74) is 2.73. The van der Waals surface area contributed by atoms with E-state index in [0.29, 0.717) is 5.92 Å². The van der Waals surface area contributed by atoms with Gasteiger partial charge in [0.25, 0.3) is 0 Å². The number of halogens is 1. The summed E-state index contributed by atoms with van der Waals surface area (Å²) in [5, 5.41) is 0. The van der Waals surface area contributed by atoms with E-state index in [0.717, 1.165) is 16.8 Å². The van der Waals surface area contributed by atoms with Crippen molar-refractivity contribution in [3.63, 3.8) is 0 Å². The van der Waals surface area contributed by atoms with Gasteiger partial charge in [-0.2, -0.15) is 0 Å². The third kappa shape index (κ3) is 3.83. The SMILES string of the molecule is CCC(C)c1ccc(CN(C)c2ccc(Br)cn2)cc1. The van der Waals surface area contributed by atoms with Crippen LogP contribution in [0, 0.1) is 0 Å². The minimum atomic E-state index is 0.634. The number of anilines is 1. The first kappa shape index (κ1) is 15.0. The molecule has 0 amide bonds. The highest BCUT2D eigenvalue weighted by atomic mass is 79.9. The largest absolute Gasteiger partial charge is 0.355 e. The van der Waals surface area contributed by atoms with Crippen LogP contribution in [0.1, 0.15) is 37.3 Å². The van der Waals surface area contributed by atoms with Crippen LogP contribution in [0.4, 0.5) is 5.82 Å². The second-order valence-corrected chi connectivity index (χ2v) is 6.16. The molecule has 1 atom stereocenters. The third-order valence-electron chi connectivity index (χ3n) is 3.68. The minimum Gasteiger partial charge on any atom is -0.355 e. The van der Waals surface area contributed by atoms with Gasteiger partial charge in [-0.25, -0.2) is 4.98 Å². The number of rotatable bonds is 5. The van der Waals surface area contributed by atoms with Gasteiger partial charge in [-0.3, -0.25) is 0 Å². The van der Waals surface area contributed by atoms with E-state index < -0.39 is 0 Å². The highest BCUT2D eigenvalue weighted by Gasteiger charge is 2.05. The molecule has 1 unspecified atom stereocenters. The zero-order valence-electron chi connectivity index (χ0n) is 12.3. The Kier molecular flexibility index (Phi) is 5.18. The minimum absolute atomic E-state index is 0.634. The lowest BCUT2D eigenvalue weighted by molar-refractivity contribution is 0.732. The summed E-state index contributed by atoms with van der Waals surface area (Å²) in [7, 11) is 2.07. The van der Waals surface area contributed by atoms with E-state index >= 15 is 0 Å². The first-order valence-corrected chi connectivity index (χ1v) is 7.81. The second kappa shape index (κ2) is 6.89. The van der Waals surface area contributed by atoms with Crippen molar-refractivity contribution in [1.29, 1.82) is 0 Å². The Morgan fingerprint density at radius 1 is 1.15 bits per heavy atom. The molecular weight excluding hydrogens is 312 g/mol. The normalized spacial score (nSPS) is 12.2. The average molecular weight is 333 g/mol. The fourth-order valence-corrected chi connectivity index (χ4v) is 2.37. The van der Waals surface area contributed by atoms with Gasteiger partial charge >= 0.3 is 0 Å². The van der Waals surface area contributed by atoms with Crippen molar-refractivity contribution < 1.29 is 0 Å². The summed E-state index contributed by atoms with van der Waals surface area (Å²) >= 11 is 3.41. The van der Waals surface area contributed by atoms with E-state index in [9.17, 15) is 0 Å². The van der Waals surface area contributed by atoms with Gasteiger partial charge in [0.1, 0.15) is 5.82 Å². The van der Waals surface area contributed by atoms with Crippen molar-refractivity contribution in [2.24, 2.45) is 0 Å². The maximum Gasteiger partial charge on any atom is 0.128 e. The number of hydrogen-bond acceptors (Lipinski definition) is 2. The summed E-state index contributed by atoms with van der Waals surface area (Å²) in [6.07, 6.45) is 3.01. The van der Waals surface area contributed by atoms with E-state index in [1.807, 2.05) is 18.3 Å². The lowest BCUT2D eigenvalue weighted by atomic mass is 9.97. The van der Waals surface area contributed by atoms with Crippen molar-refractivity contribution in [2.45, 2.75) is 32.7 Å². The monoisotopic (exact) mass is 332 g/mol. The molecule has 0 N–H and O–H groups in total. The van der Waals surface area contributed by atoms with Crippen molar-refractivity contribution >= 4 is 21.7 Å². The van der Waals surface area contributed by atoms with Gasteiger partial charge in [0, 0.05) is 24.3 Å². The second-order valence-electron chi connectivity index (χ2n) is 5.24. The van der Waals surface area contributed by atoms with Crippen LogP contribution >= 0.6 is 15.9 Å². The molecule has 0 aliphatic carbocycles. The average Bonchev–Trinajstić information content (AvgIpc) is 2.48.